The van der Waals surface area contributed by atoms with Crippen LogP contribution in [0.25, 0.3) is 0 Å². The van der Waals surface area contributed by atoms with E-state index in [4.69, 9.17) is 4.74 Å². The van der Waals surface area contributed by atoms with Gasteiger partial charge in [-0.15, -0.1) is 11.8 Å². The number of methoxy groups -OCH3 is 1. The van der Waals surface area contributed by atoms with E-state index in [1.807, 2.05) is 17.0 Å². The summed E-state index contributed by atoms with van der Waals surface area (Å²) in [6.45, 7) is 1.47. The Morgan fingerprint density at radius 1 is 1.59 bits per heavy atom. The lowest BCUT2D eigenvalue weighted by atomic mass is 10.2. The van der Waals surface area contributed by atoms with E-state index in [0.717, 1.165) is 18.0 Å². The Balaban J connectivity index is 2.25. The predicted molar refractivity (Wildman–Crippen MR) is 72.9 cm³/mol. The molecule has 0 saturated carbocycles. The molecule has 0 aromatic heterocycles. The first-order valence-corrected chi connectivity index (χ1v) is 7.48. The van der Waals surface area contributed by atoms with E-state index in [0.29, 0.717) is 11.9 Å². The van der Waals surface area contributed by atoms with Crippen molar-refractivity contribution in [3.8, 4) is 5.75 Å². The van der Waals surface area contributed by atoms with Crippen LogP contribution in [-0.2, 0) is 11.3 Å². The van der Waals surface area contributed by atoms with Crippen molar-refractivity contribution in [2.24, 2.45) is 0 Å². The minimum absolute atomic E-state index is 0.140. The van der Waals surface area contributed by atoms with E-state index >= 15 is 0 Å². The number of carbonyl (C=O) groups is 1. The molecule has 1 aromatic carbocycles. The maximum Gasteiger partial charge on any atom is 0.233 e. The number of ether oxygens (including phenoxy) is 1. The van der Waals surface area contributed by atoms with E-state index < -0.39 is 0 Å². The number of rotatable bonds is 2. The third-order valence-electron chi connectivity index (χ3n) is 2.71. The van der Waals surface area contributed by atoms with Crippen LogP contribution in [0.5, 0.6) is 5.75 Å². The molecular formula is C12H14BrNO2S. The van der Waals surface area contributed by atoms with Gasteiger partial charge in [0, 0.05) is 23.7 Å². The number of fused-ring (bicyclic) bond motifs is 1. The predicted octanol–water partition coefficient (Wildman–Crippen LogP) is 2.52. The largest absolute Gasteiger partial charge is 0.497 e. The molecule has 0 N–H and O–H groups in total. The normalized spacial score (nSPS) is 15.1. The van der Waals surface area contributed by atoms with Gasteiger partial charge in [-0.2, -0.15) is 0 Å². The zero-order valence-corrected chi connectivity index (χ0v) is 12.0. The number of benzene rings is 1. The number of amides is 1. The van der Waals surface area contributed by atoms with Crippen molar-refractivity contribution >= 4 is 33.6 Å². The summed E-state index contributed by atoms with van der Waals surface area (Å²) in [5.74, 6) is 1.93. The number of nitrogens with zero attached hydrogens (tertiary/aromatic N) is 1. The molecule has 1 aliphatic rings. The Morgan fingerprint density at radius 2 is 2.41 bits per heavy atom. The van der Waals surface area contributed by atoms with E-state index in [-0.39, 0.29) is 5.91 Å². The molecule has 1 aliphatic heterocycles. The highest BCUT2D eigenvalue weighted by atomic mass is 79.9. The Bertz CT molecular complexity index is 425. The second-order valence-electron chi connectivity index (χ2n) is 3.77. The molecule has 92 valence electrons. The first-order valence-electron chi connectivity index (χ1n) is 5.38. The highest BCUT2D eigenvalue weighted by Crippen LogP contribution is 2.30. The quantitative estimate of drug-likeness (QED) is 0.785. The van der Waals surface area contributed by atoms with Crippen LogP contribution < -0.4 is 4.74 Å². The zero-order chi connectivity index (χ0) is 12.3. The summed E-state index contributed by atoms with van der Waals surface area (Å²) in [5, 5.41) is 0.386. The van der Waals surface area contributed by atoms with Crippen molar-refractivity contribution in [1.29, 1.82) is 0 Å². The molecule has 1 aromatic rings. The highest BCUT2D eigenvalue weighted by molar-refractivity contribution is 9.09. The van der Waals surface area contributed by atoms with Crippen LogP contribution in [0, 0.1) is 0 Å². The third-order valence-corrected chi connectivity index (χ3v) is 4.29. The number of carbonyl (C=O) groups excluding carboxylic acids is 1. The zero-order valence-electron chi connectivity index (χ0n) is 9.61. The molecule has 1 amide bonds. The lowest BCUT2D eigenvalue weighted by Gasteiger charge is -2.19. The highest BCUT2D eigenvalue weighted by Gasteiger charge is 2.18. The molecular weight excluding hydrogens is 302 g/mol. The number of hydrogen-bond donors (Lipinski definition) is 0. The van der Waals surface area contributed by atoms with Crippen LogP contribution in [0.15, 0.2) is 23.1 Å². The standard InChI is InChI=1S/C12H14BrNO2S/c1-16-10-2-3-11-9(6-10)8-14(4-5-17-11)12(15)7-13/h2-3,6H,4-5,7-8H2,1H3. The summed E-state index contributed by atoms with van der Waals surface area (Å²) in [5.41, 5.74) is 1.17. The van der Waals surface area contributed by atoms with Gasteiger partial charge in [-0.05, 0) is 23.8 Å². The smallest absolute Gasteiger partial charge is 0.233 e. The van der Waals surface area contributed by atoms with Crippen LogP contribution in [0.3, 0.4) is 0 Å². The molecule has 0 spiro atoms. The Morgan fingerprint density at radius 3 is 3.12 bits per heavy atom. The van der Waals surface area contributed by atoms with Crippen LogP contribution in [-0.4, -0.2) is 35.5 Å². The van der Waals surface area contributed by atoms with Gasteiger partial charge in [0.25, 0.3) is 0 Å². The van der Waals surface area contributed by atoms with Crippen LogP contribution in [0.1, 0.15) is 5.56 Å². The average Bonchev–Trinajstić information content (AvgIpc) is 2.58. The SMILES string of the molecule is COc1ccc2c(c1)CN(C(=O)CBr)CCS2. The molecule has 3 nitrogen and oxygen atoms in total. The van der Waals surface area contributed by atoms with Gasteiger partial charge in [0.2, 0.25) is 5.91 Å². The summed E-state index contributed by atoms with van der Waals surface area (Å²) in [7, 11) is 1.66. The van der Waals surface area contributed by atoms with Gasteiger partial charge in [-0.1, -0.05) is 15.9 Å². The summed E-state index contributed by atoms with van der Waals surface area (Å²) in [6, 6.07) is 6.05. The van der Waals surface area contributed by atoms with Gasteiger partial charge in [0.05, 0.1) is 12.4 Å². The molecule has 0 radical (unpaired) electrons. The van der Waals surface area contributed by atoms with Gasteiger partial charge < -0.3 is 9.64 Å². The molecule has 17 heavy (non-hydrogen) atoms. The van der Waals surface area contributed by atoms with Gasteiger partial charge in [-0.3, -0.25) is 4.79 Å². The fourth-order valence-electron chi connectivity index (χ4n) is 1.80. The number of thioether (sulfide) groups is 1. The van der Waals surface area contributed by atoms with Gasteiger partial charge in [-0.25, -0.2) is 0 Å². The van der Waals surface area contributed by atoms with Gasteiger partial charge in [0.1, 0.15) is 5.75 Å². The van der Waals surface area contributed by atoms with E-state index in [2.05, 4.69) is 22.0 Å². The van der Waals surface area contributed by atoms with Crippen molar-refractivity contribution in [2.45, 2.75) is 11.4 Å². The summed E-state index contributed by atoms with van der Waals surface area (Å²) < 4.78 is 5.22. The Kier molecular flexibility index (Phi) is 4.34. The minimum atomic E-state index is 0.140. The fourth-order valence-corrected chi connectivity index (χ4v) is 3.15. The molecule has 1 heterocycles. The summed E-state index contributed by atoms with van der Waals surface area (Å²) in [6.07, 6.45) is 0. The molecule has 5 heteroatoms. The monoisotopic (exact) mass is 315 g/mol. The molecule has 0 atom stereocenters. The summed E-state index contributed by atoms with van der Waals surface area (Å²) >= 11 is 5.02. The van der Waals surface area contributed by atoms with Crippen molar-refractivity contribution in [1.82, 2.24) is 4.90 Å². The maximum absolute atomic E-state index is 11.7. The fraction of sp³-hybridized carbons (Fsp3) is 0.417. The number of hydrogen-bond acceptors (Lipinski definition) is 3. The van der Waals surface area contributed by atoms with Gasteiger partial charge >= 0.3 is 0 Å². The molecule has 0 aliphatic carbocycles. The topological polar surface area (TPSA) is 29.5 Å². The van der Waals surface area contributed by atoms with Crippen LogP contribution in [0.4, 0.5) is 0 Å². The minimum Gasteiger partial charge on any atom is -0.497 e. The van der Waals surface area contributed by atoms with Crippen molar-refractivity contribution in [3.63, 3.8) is 0 Å². The van der Waals surface area contributed by atoms with Gasteiger partial charge in [0.15, 0.2) is 0 Å². The van der Waals surface area contributed by atoms with Crippen LogP contribution >= 0.6 is 27.7 Å². The van der Waals surface area contributed by atoms with E-state index in [1.165, 1.54) is 10.5 Å². The molecule has 2 rings (SSSR count). The Hall–Kier alpha value is -0.680. The van der Waals surface area contributed by atoms with Crippen molar-refractivity contribution in [2.75, 3.05) is 24.7 Å². The number of alkyl halides is 1. The summed E-state index contributed by atoms with van der Waals surface area (Å²) in [4.78, 5) is 14.9. The molecule has 0 bridgehead atoms. The first kappa shape index (κ1) is 12.8. The second kappa shape index (κ2) is 5.78. The molecule has 0 saturated heterocycles. The maximum atomic E-state index is 11.7. The number of halogens is 1. The first-order chi connectivity index (χ1) is 8.24. The van der Waals surface area contributed by atoms with Crippen molar-refractivity contribution < 1.29 is 9.53 Å². The molecule has 0 fully saturated rings. The Labute approximate surface area is 114 Å². The lowest BCUT2D eigenvalue weighted by Crippen LogP contribution is -2.32. The second-order valence-corrected chi connectivity index (χ2v) is 5.47. The lowest BCUT2D eigenvalue weighted by molar-refractivity contribution is -0.128. The van der Waals surface area contributed by atoms with Crippen LogP contribution in [0.2, 0.25) is 0 Å². The van der Waals surface area contributed by atoms with Crippen molar-refractivity contribution in [3.05, 3.63) is 23.8 Å². The van der Waals surface area contributed by atoms with E-state index in [9.17, 15) is 4.79 Å². The molecule has 0 unspecified atom stereocenters. The average molecular weight is 316 g/mol. The van der Waals surface area contributed by atoms with E-state index in [1.54, 1.807) is 18.9 Å². The third kappa shape index (κ3) is 2.96.